The molecule has 3 aromatic carbocycles. The monoisotopic (exact) mass is 644 g/mol. The Bertz CT molecular complexity index is 1760. The number of carbonyl (C=O) groups is 2. The van der Waals surface area contributed by atoms with Crippen molar-refractivity contribution in [3.8, 4) is 0 Å². The molecule has 0 heterocycles. The maximum Gasteiger partial charge on any atom is 0.279 e. The predicted molar refractivity (Wildman–Crippen MR) is 177 cm³/mol. The first-order valence-corrected chi connectivity index (χ1v) is 14.5. The molecule has 4 N–H and O–H groups in total. The summed E-state index contributed by atoms with van der Waals surface area (Å²) in [6, 6.07) is 22.6. The molecule has 2 amide bonds. The van der Waals surface area contributed by atoms with Crippen molar-refractivity contribution >= 4 is 57.7 Å². The highest BCUT2D eigenvalue weighted by atomic mass is 35.5. The summed E-state index contributed by atoms with van der Waals surface area (Å²) in [6.07, 6.45) is 5.32. The number of para-hydroxylation sites is 2. The normalized spacial score (nSPS) is 19.1. The molecule has 0 saturated carbocycles. The van der Waals surface area contributed by atoms with E-state index in [1.165, 1.54) is 13.8 Å². The average molecular weight is 646 g/mol. The van der Waals surface area contributed by atoms with Crippen molar-refractivity contribution in [1.82, 2.24) is 0 Å². The van der Waals surface area contributed by atoms with Crippen LogP contribution in [0.3, 0.4) is 0 Å². The van der Waals surface area contributed by atoms with Gasteiger partial charge in [0.25, 0.3) is 11.8 Å². The van der Waals surface area contributed by atoms with E-state index in [4.69, 9.17) is 23.2 Å². The SMILES string of the molecule is C/C(O)=C(\N=Nc1ccc(C2=CC(Cl)C(C)(N=N/C(C(=O)Nc3ccccc3)=C(\C)O)C=C2)cc1Cl)C(=O)Nc1ccccc1. The highest BCUT2D eigenvalue weighted by molar-refractivity contribution is 6.33. The fraction of sp³-hybridized carbons (Fsp3) is 0.152. The number of allylic oxidation sites excluding steroid dienone is 4. The molecule has 0 fully saturated rings. The Balaban J connectivity index is 1.47. The molecular formula is C33H30Cl2N6O4. The van der Waals surface area contributed by atoms with Gasteiger partial charge in [0.05, 0.1) is 10.4 Å². The molecule has 4 rings (SSSR count). The highest BCUT2D eigenvalue weighted by Crippen LogP contribution is 2.36. The van der Waals surface area contributed by atoms with E-state index < -0.39 is 22.7 Å². The van der Waals surface area contributed by atoms with Crippen LogP contribution in [-0.4, -0.2) is 32.9 Å². The minimum Gasteiger partial charge on any atom is -0.510 e. The summed E-state index contributed by atoms with van der Waals surface area (Å²) in [7, 11) is 0. The third kappa shape index (κ3) is 8.53. The molecule has 0 aromatic heterocycles. The largest absolute Gasteiger partial charge is 0.510 e. The van der Waals surface area contributed by atoms with Gasteiger partial charge in [-0.2, -0.15) is 5.11 Å². The van der Waals surface area contributed by atoms with Crippen molar-refractivity contribution in [2.45, 2.75) is 31.7 Å². The van der Waals surface area contributed by atoms with Gasteiger partial charge in [0.15, 0.2) is 11.4 Å². The maximum absolute atomic E-state index is 12.7. The Morgan fingerprint density at radius 2 is 1.36 bits per heavy atom. The fourth-order valence-electron chi connectivity index (χ4n) is 4.03. The van der Waals surface area contributed by atoms with Crippen LogP contribution in [0.25, 0.3) is 5.57 Å². The molecule has 0 saturated heterocycles. The van der Waals surface area contributed by atoms with Crippen LogP contribution in [0.2, 0.25) is 5.02 Å². The van der Waals surface area contributed by atoms with Crippen LogP contribution in [0.4, 0.5) is 17.1 Å². The van der Waals surface area contributed by atoms with Crippen LogP contribution in [0.5, 0.6) is 0 Å². The Hall–Kier alpha value is -5.06. The van der Waals surface area contributed by atoms with E-state index >= 15 is 0 Å². The van der Waals surface area contributed by atoms with Gasteiger partial charge in [-0.3, -0.25) is 9.59 Å². The van der Waals surface area contributed by atoms with Gasteiger partial charge in [0.1, 0.15) is 22.7 Å². The van der Waals surface area contributed by atoms with Gasteiger partial charge in [0.2, 0.25) is 0 Å². The van der Waals surface area contributed by atoms with Crippen LogP contribution >= 0.6 is 23.2 Å². The summed E-state index contributed by atoms with van der Waals surface area (Å²) in [5, 5.41) is 41.4. The molecule has 230 valence electrons. The Morgan fingerprint density at radius 3 is 1.84 bits per heavy atom. The number of azo groups is 2. The number of nitrogens with one attached hydrogen (secondary N) is 2. The lowest BCUT2D eigenvalue weighted by molar-refractivity contribution is -0.113. The maximum atomic E-state index is 12.7. The molecule has 2 atom stereocenters. The Labute approximate surface area is 270 Å². The van der Waals surface area contributed by atoms with Crippen molar-refractivity contribution in [1.29, 1.82) is 0 Å². The zero-order chi connectivity index (χ0) is 32.6. The quantitative estimate of drug-likeness (QED) is 0.0795. The summed E-state index contributed by atoms with van der Waals surface area (Å²) >= 11 is 13.2. The summed E-state index contributed by atoms with van der Waals surface area (Å²) in [5.74, 6) is -1.84. The number of hydrogen-bond acceptors (Lipinski definition) is 8. The first-order valence-electron chi connectivity index (χ1n) is 13.7. The second-order valence-electron chi connectivity index (χ2n) is 10.2. The lowest BCUT2D eigenvalue weighted by Crippen LogP contribution is -2.32. The summed E-state index contributed by atoms with van der Waals surface area (Å²) in [4.78, 5) is 25.4. The van der Waals surface area contributed by atoms with Gasteiger partial charge in [0, 0.05) is 11.4 Å². The summed E-state index contributed by atoms with van der Waals surface area (Å²) < 4.78 is 0. The standard InChI is InChI=1S/C33H30Cl2N6O4/c1-20(42)29(31(44)36-24-10-6-4-7-11-24)39-38-27-15-14-22(18-26(27)34)23-16-17-33(3,28(35)19-23)41-40-30(21(2)43)32(45)37-25-12-8-5-9-13-25/h4-19,28,42-43H,1-3H3,(H,36,44)(H,37,45)/b29-20+,30-21+,39-38?,41-40?. The third-order valence-electron chi connectivity index (χ3n) is 6.57. The first-order chi connectivity index (χ1) is 21.5. The van der Waals surface area contributed by atoms with Gasteiger partial charge in [-0.1, -0.05) is 72.3 Å². The van der Waals surface area contributed by atoms with Crippen LogP contribution in [0.15, 0.2) is 140 Å². The van der Waals surface area contributed by atoms with E-state index in [2.05, 4.69) is 31.1 Å². The third-order valence-corrected chi connectivity index (χ3v) is 7.44. The van der Waals surface area contributed by atoms with E-state index in [0.717, 1.165) is 11.1 Å². The fourth-order valence-corrected chi connectivity index (χ4v) is 4.50. The second kappa shape index (κ2) is 14.6. The predicted octanol–water partition coefficient (Wildman–Crippen LogP) is 9.05. The summed E-state index contributed by atoms with van der Waals surface area (Å²) in [5.41, 5.74) is 1.31. The van der Waals surface area contributed by atoms with Crippen molar-refractivity contribution in [3.05, 3.63) is 131 Å². The van der Waals surface area contributed by atoms with Crippen LogP contribution in [0, 0.1) is 0 Å². The molecule has 12 heteroatoms. The number of alkyl halides is 1. The molecule has 0 spiro atoms. The molecule has 0 bridgehead atoms. The number of aliphatic hydroxyl groups is 2. The number of aliphatic hydroxyl groups excluding tert-OH is 2. The molecule has 3 aromatic rings. The van der Waals surface area contributed by atoms with Crippen molar-refractivity contribution < 1.29 is 19.8 Å². The minimum atomic E-state index is -1.03. The van der Waals surface area contributed by atoms with E-state index in [9.17, 15) is 19.8 Å². The zero-order valence-corrected chi connectivity index (χ0v) is 26.1. The molecule has 0 aliphatic heterocycles. The van der Waals surface area contributed by atoms with Crippen molar-refractivity contribution in [2.75, 3.05) is 10.6 Å². The minimum absolute atomic E-state index is 0.240. The molecule has 1 aliphatic carbocycles. The van der Waals surface area contributed by atoms with Gasteiger partial charge in [-0.05, 0) is 68.3 Å². The number of amides is 2. The number of anilines is 2. The molecule has 45 heavy (non-hydrogen) atoms. The highest BCUT2D eigenvalue weighted by Gasteiger charge is 2.33. The second-order valence-corrected chi connectivity index (χ2v) is 11.0. The number of halogens is 2. The van der Waals surface area contributed by atoms with E-state index in [1.54, 1.807) is 91.9 Å². The topological polar surface area (TPSA) is 148 Å². The molecular weight excluding hydrogens is 615 g/mol. The van der Waals surface area contributed by atoms with Crippen LogP contribution < -0.4 is 10.6 Å². The smallest absolute Gasteiger partial charge is 0.279 e. The molecule has 10 nitrogen and oxygen atoms in total. The van der Waals surface area contributed by atoms with E-state index in [0.29, 0.717) is 11.4 Å². The van der Waals surface area contributed by atoms with Crippen molar-refractivity contribution in [2.24, 2.45) is 20.5 Å². The summed E-state index contributed by atoms with van der Waals surface area (Å²) in [6.45, 7) is 4.43. The van der Waals surface area contributed by atoms with Gasteiger partial charge in [-0.25, -0.2) is 0 Å². The number of benzene rings is 3. The Morgan fingerprint density at radius 1 is 0.822 bits per heavy atom. The van der Waals surface area contributed by atoms with Crippen LogP contribution in [-0.2, 0) is 9.59 Å². The zero-order valence-electron chi connectivity index (χ0n) is 24.6. The van der Waals surface area contributed by atoms with E-state index in [-0.39, 0.29) is 33.6 Å². The average Bonchev–Trinajstić information content (AvgIpc) is 3.00. The van der Waals surface area contributed by atoms with Gasteiger partial charge < -0.3 is 20.8 Å². The molecule has 0 radical (unpaired) electrons. The number of carbonyl (C=O) groups excluding carboxylic acids is 2. The first kappa shape index (κ1) is 32.8. The van der Waals surface area contributed by atoms with Crippen LogP contribution in [0.1, 0.15) is 26.3 Å². The number of nitrogens with zero attached hydrogens (tertiary/aromatic N) is 4. The lowest BCUT2D eigenvalue weighted by atomic mass is 9.88. The van der Waals surface area contributed by atoms with Gasteiger partial charge >= 0.3 is 0 Å². The Kier molecular flexibility index (Phi) is 10.7. The van der Waals surface area contributed by atoms with Gasteiger partial charge in [-0.15, -0.1) is 26.9 Å². The number of rotatable bonds is 9. The van der Waals surface area contributed by atoms with E-state index in [1.807, 2.05) is 12.1 Å². The van der Waals surface area contributed by atoms with Crippen molar-refractivity contribution in [3.63, 3.8) is 0 Å². The number of hydrogen-bond donors (Lipinski definition) is 4. The molecule has 2 unspecified atom stereocenters. The molecule has 1 aliphatic rings. The lowest BCUT2D eigenvalue weighted by Gasteiger charge is -2.27.